The lowest BCUT2D eigenvalue weighted by molar-refractivity contribution is -0.185. The summed E-state index contributed by atoms with van der Waals surface area (Å²) in [5, 5.41) is -0.222. The Hall–Kier alpha value is -2.60. The van der Waals surface area contributed by atoms with Gasteiger partial charge in [-0.3, -0.25) is 0 Å². The molecule has 3 aromatic rings. The van der Waals surface area contributed by atoms with Gasteiger partial charge in [0.15, 0.2) is 0 Å². The Bertz CT molecular complexity index is 1110. The van der Waals surface area contributed by atoms with Crippen molar-refractivity contribution in [2.24, 2.45) is 5.92 Å². The van der Waals surface area contributed by atoms with E-state index in [-0.39, 0.29) is 16.3 Å². The van der Waals surface area contributed by atoms with Crippen molar-refractivity contribution in [1.82, 2.24) is 0 Å². The number of alkyl halides is 2. The van der Waals surface area contributed by atoms with E-state index < -0.39 is 34.7 Å². The summed E-state index contributed by atoms with van der Waals surface area (Å²) < 4.78 is 77.1. The molecule has 0 radical (unpaired) electrons. The summed E-state index contributed by atoms with van der Waals surface area (Å²) in [6, 6.07) is 10.6. The van der Waals surface area contributed by atoms with Gasteiger partial charge in [0.2, 0.25) is 0 Å². The average molecular weight is 481 g/mol. The van der Waals surface area contributed by atoms with E-state index in [1.54, 1.807) is 12.1 Å². The van der Waals surface area contributed by atoms with Gasteiger partial charge in [-0.25, -0.2) is 13.2 Å². The molecule has 1 nitrogen and oxygen atoms in total. The molecule has 7 heteroatoms. The van der Waals surface area contributed by atoms with Crippen molar-refractivity contribution in [3.05, 3.63) is 88.2 Å². The number of benzene rings is 3. The highest BCUT2D eigenvalue weighted by atomic mass is 35.5. The molecule has 0 unspecified atom stereocenters. The van der Waals surface area contributed by atoms with Crippen LogP contribution in [0.2, 0.25) is 5.02 Å². The van der Waals surface area contributed by atoms with E-state index >= 15 is 0 Å². The van der Waals surface area contributed by atoms with Crippen LogP contribution in [0.1, 0.15) is 49.7 Å². The van der Waals surface area contributed by atoms with Gasteiger partial charge >= 0.3 is 6.11 Å². The first-order valence-electron chi connectivity index (χ1n) is 10.8. The third-order valence-corrected chi connectivity index (χ3v) is 6.51. The third-order valence-electron chi connectivity index (χ3n) is 6.20. The zero-order chi connectivity index (χ0) is 23.8. The molecule has 1 fully saturated rings. The summed E-state index contributed by atoms with van der Waals surface area (Å²) >= 11 is 5.59. The lowest BCUT2D eigenvalue weighted by Crippen LogP contribution is -2.22. The molecule has 33 heavy (non-hydrogen) atoms. The zero-order valence-corrected chi connectivity index (χ0v) is 18.6. The van der Waals surface area contributed by atoms with Gasteiger partial charge in [-0.15, -0.1) is 0 Å². The van der Waals surface area contributed by atoms with Gasteiger partial charge in [-0.05, 0) is 72.2 Å². The molecule has 4 rings (SSSR count). The molecule has 0 bridgehead atoms. The smallest absolute Gasteiger partial charge is 0.426 e. The van der Waals surface area contributed by atoms with E-state index in [0.29, 0.717) is 24.0 Å². The largest absolute Gasteiger partial charge is 0.429 e. The number of rotatable bonds is 5. The van der Waals surface area contributed by atoms with E-state index in [9.17, 15) is 22.0 Å². The molecule has 174 valence electrons. The second-order valence-electron chi connectivity index (χ2n) is 8.59. The van der Waals surface area contributed by atoms with E-state index in [1.165, 1.54) is 18.2 Å². The van der Waals surface area contributed by atoms with Crippen LogP contribution < -0.4 is 4.74 Å². The van der Waals surface area contributed by atoms with Crippen LogP contribution in [0.25, 0.3) is 11.1 Å². The maximum atomic E-state index is 14.7. The molecule has 1 saturated carbocycles. The summed E-state index contributed by atoms with van der Waals surface area (Å²) in [5.74, 6) is -2.43. The Balaban J connectivity index is 1.54. The fourth-order valence-electron chi connectivity index (χ4n) is 4.28. The van der Waals surface area contributed by atoms with E-state index in [1.807, 2.05) is 0 Å². The minimum atomic E-state index is -3.98. The summed E-state index contributed by atoms with van der Waals surface area (Å²) in [5.41, 5.74) is -0.707. The predicted molar refractivity (Wildman–Crippen MR) is 118 cm³/mol. The fourth-order valence-corrected chi connectivity index (χ4v) is 4.39. The van der Waals surface area contributed by atoms with Gasteiger partial charge in [0.05, 0.1) is 16.1 Å². The van der Waals surface area contributed by atoms with Crippen molar-refractivity contribution in [3.63, 3.8) is 0 Å². The van der Waals surface area contributed by atoms with Crippen LogP contribution >= 0.6 is 11.6 Å². The van der Waals surface area contributed by atoms with Crippen LogP contribution in [0, 0.1) is 23.4 Å². The highest BCUT2D eigenvalue weighted by Crippen LogP contribution is 2.39. The molecule has 0 atom stereocenters. The van der Waals surface area contributed by atoms with Gasteiger partial charge in [0.1, 0.15) is 23.2 Å². The maximum Gasteiger partial charge on any atom is 0.426 e. The molecule has 1 aliphatic carbocycles. The van der Waals surface area contributed by atoms with E-state index in [2.05, 4.69) is 6.92 Å². The topological polar surface area (TPSA) is 9.23 Å². The molecular weight excluding hydrogens is 459 g/mol. The van der Waals surface area contributed by atoms with Gasteiger partial charge in [0.25, 0.3) is 0 Å². The molecule has 0 aliphatic heterocycles. The first-order valence-corrected chi connectivity index (χ1v) is 11.1. The number of hydrogen-bond donors (Lipinski definition) is 0. The molecular formula is C26H22ClF5O. The second-order valence-corrected chi connectivity index (χ2v) is 9.00. The first kappa shape index (κ1) is 23.6. The first-order chi connectivity index (χ1) is 15.6. The van der Waals surface area contributed by atoms with Gasteiger partial charge in [-0.1, -0.05) is 49.6 Å². The van der Waals surface area contributed by atoms with Gasteiger partial charge in [0, 0.05) is 0 Å². The van der Waals surface area contributed by atoms with Crippen LogP contribution in [0.15, 0.2) is 54.6 Å². The van der Waals surface area contributed by atoms with Crippen LogP contribution in [0.3, 0.4) is 0 Å². The minimum absolute atomic E-state index is 0.113. The normalized spacial score (nSPS) is 18.9. The lowest BCUT2D eigenvalue weighted by Gasteiger charge is -2.26. The Morgan fingerprint density at radius 3 is 2.00 bits per heavy atom. The highest BCUT2D eigenvalue weighted by Gasteiger charge is 2.36. The van der Waals surface area contributed by atoms with Crippen LogP contribution in [-0.4, -0.2) is 0 Å². The highest BCUT2D eigenvalue weighted by molar-refractivity contribution is 6.30. The van der Waals surface area contributed by atoms with Crippen molar-refractivity contribution >= 4 is 11.6 Å². The number of ether oxygens (including phenoxy) is 1. The third kappa shape index (κ3) is 5.16. The summed E-state index contributed by atoms with van der Waals surface area (Å²) in [4.78, 5) is 0. The molecule has 3 aromatic carbocycles. The molecule has 1 aliphatic rings. The standard InChI is InChI=1S/C26H22ClF5O/c1-15-2-4-16(5-3-15)17-6-9-20(10-7-17)33-26(31,32)19-13-23(29)25(24(30)14-19)18-8-11-21(27)22(28)12-18/h6-16H,2-5H2,1H3. The fraction of sp³-hybridized carbons (Fsp3) is 0.308. The second kappa shape index (κ2) is 9.34. The minimum Gasteiger partial charge on any atom is -0.429 e. The van der Waals surface area contributed by atoms with E-state index in [0.717, 1.165) is 43.4 Å². The van der Waals surface area contributed by atoms with Crippen molar-refractivity contribution in [3.8, 4) is 16.9 Å². The molecule has 0 N–H and O–H groups in total. The quantitative estimate of drug-likeness (QED) is 0.331. The van der Waals surface area contributed by atoms with Crippen LogP contribution in [-0.2, 0) is 6.11 Å². The van der Waals surface area contributed by atoms with Crippen LogP contribution in [0.4, 0.5) is 22.0 Å². The monoisotopic (exact) mass is 480 g/mol. The van der Waals surface area contributed by atoms with Crippen molar-refractivity contribution < 1.29 is 26.7 Å². The molecule has 0 spiro atoms. The van der Waals surface area contributed by atoms with Gasteiger partial charge in [-0.2, -0.15) is 8.78 Å². The maximum absolute atomic E-state index is 14.7. The molecule has 0 saturated heterocycles. The Morgan fingerprint density at radius 1 is 0.818 bits per heavy atom. The number of halogens is 6. The Labute approximate surface area is 194 Å². The van der Waals surface area contributed by atoms with Crippen molar-refractivity contribution in [1.29, 1.82) is 0 Å². The Morgan fingerprint density at radius 2 is 1.42 bits per heavy atom. The lowest BCUT2D eigenvalue weighted by atomic mass is 9.79. The molecule has 0 amide bonds. The Kier molecular flexibility index (Phi) is 6.66. The molecule has 0 aromatic heterocycles. The summed E-state index contributed by atoms with van der Waals surface area (Å²) in [6.45, 7) is 2.22. The number of hydrogen-bond acceptors (Lipinski definition) is 1. The van der Waals surface area contributed by atoms with Crippen LogP contribution in [0.5, 0.6) is 5.75 Å². The van der Waals surface area contributed by atoms with E-state index in [4.69, 9.17) is 16.3 Å². The van der Waals surface area contributed by atoms with Gasteiger partial charge < -0.3 is 4.74 Å². The SMILES string of the molecule is CC1CCC(c2ccc(OC(F)(F)c3cc(F)c(-c4ccc(Cl)c(F)c4)c(F)c3)cc2)CC1. The summed E-state index contributed by atoms with van der Waals surface area (Å²) in [6.07, 6.45) is 0.403. The van der Waals surface area contributed by atoms with Crippen molar-refractivity contribution in [2.45, 2.75) is 44.6 Å². The predicted octanol–water partition coefficient (Wildman–Crippen LogP) is 8.85. The van der Waals surface area contributed by atoms with Crippen molar-refractivity contribution in [2.75, 3.05) is 0 Å². The average Bonchev–Trinajstić information content (AvgIpc) is 2.76. The zero-order valence-electron chi connectivity index (χ0n) is 17.9. The summed E-state index contributed by atoms with van der Waals surface area (Å²) in [7, 11) is 0. The molecule has 0 heterocycles.